The molecule has 6 nitrogen and oxygen atoms in total. The molecule has 2 heterocycles. The number of ether oxygens (including phenoxy) is 1. The Bertz CT molecular complexity index is 733. The largest absolute Gasteiger partial charge is 0.368 e. The van der Waals surface area contributed by atoms with Crippen molar-refractivity contribution in [3.8, 4) is 0 Å². The molecule has 1 aromatic rings. The highest BCUT2D eigenvalue weighted by Crippen LogP contribution is 2.41. The zero-order valence-corrected chi connectivity index (χ0v) is 19.2. The van der Waals surface area contributed by atoms with E-state index in [0.717, 1.165) is 43.9 Å². The van der Waals surface area contributed by atoms with Crippen LogP contribution >= 0.6 is 24.0 Å². The number of halogens is 2. The second-order valence-electron chi connectivity index (χ2n) is 7.73. The van der Waals surface area contributed by atoms with Crippen molar-refractivity contribution in [2.75, 3.05) is 39.3 Å². The molecule has 0 bridgehead atoms. The van der Waals surface area contributed by atoms with Crippen molar-refractivity contribution in [3.63, 3.8) is 0 Å². The van der Waals surface area contributed by atoms with Gasteiger partial charge in [0.2, 0.25) is 0 Å². The van der Waals surface area contributed by atoms with Crippen molar-refractivity contribution in [3.05, 3.63) is 35.6 Å². The van der Waals surface area contributed by atoms with Crippen molar-refractivity contribution in [2.45, 2.75) is 44.2 Å². The van der Waals surface area contributed by atoms with Gasteiger partial charge in [0.15, 0.2) is 5.96 Å². The first-order chi connectivity index (χ1) is 13.7. The third-order valence-corrected chi connectivity index (χ3v) is 5.81. The van der Waals surface area contributed by atoms with Gasteiger partial charge in [-0.3, -0.25) is 9.79 Å². The highest BCUT2D eigenvalue weighted by molar-refractivity contribution is 14.0. The SMILES string of the molecule is CCN=C(NC1CC1c1ccccc1F)N1CCN(C(=O)C2CCCO2)CC1.I. The van der Waals surface area contributed by atoms with Crippen LogP contribution in [0.1, 0.15) is 37.7 Å². The van der Waals surface area contributed by atoms with Crippen LogP contribution in [0, 0.1) is 5.82 Å². The number of guanidine groups is 1. The van der Waals surface area contributed by atoms with Gasteiger partial charge in [0.1, 0.15) is 11.9 Å². The van der Waals surface area contributed by atoms with Gasteiger partial charge in [-0.1, -0.05) is 18.2 Å². The number of carbonyl (C=O) groups is 1. The van der Waals surface area contributed by atoms with E-state index >= 15 is 0 Å². The lowest BCUT2D eigenvalue weighted by Crippen LogP contribution is -2.55. The Labute approximate surface area is 188 Å². The van der Waals surface area contributed by atoms with Gasteiger partial charge in [-0.05, 0) is 37.8 Å². The Morgan fingerprint density at radius 3 is 2.62 bits per heavy atom. The average molecular weight is 516 g/mol. The summed E-state index contributed by atoms with van der Waals surface area (Å²) >= 11 is 0. The molecular weight excluding hydrogens is 486 g/mol. The van der Waals surface area contributed by atoms with E-state index in [-0.39, 0.29) is 53.8 Å². The second-order valence-corrected chi connectivity index (χ2v) is 7.73. The van der Waals surface area contributed by atoms with Crippen LogP contribution in [0.2, 0.25) is 0 Å². The molecular formula is C21H30FIN4O2. The van der Waals surface area contributed by atoms with Gasteiger partial charge < -0.3 is 19.9 Å². The number of nitrogens with one attached hydrogen (secondary N) is 1. The van der Waals surface area contributed by atoms with Crippen LogP contribution in [0.3, 0.4) is 0 Å². The molecule has 3 unspecified atom stereocenters. The van der Waals surface area contributed by atoms with Gasteiger partial charge in [-0.2, -0.15) is 0 Å². The maximum absolute atomic E-state index is 14.0. The number of hydrogen-bond donors (Lipinski definition) is 1. The molecule has 1 amide bonds. The molecule has 8 heteroatoms. The Balaban J connectivity index is 0.00000240. The monoisotopic (exact) mass is 516 g/mol. The van der Waals surface area contributed by atoms with Gasteiger partial charge in [0, 0.05) is 51.3 Å². The number of carbonyl (C=O) groups excluding carboxylic acids is 1. The molecule has 3 fully saturated rings. The van der Waals surface area contributed by atoms with Crippen LogP contribution in [0.4, 0.5) is 4.39 Å². The molecule has 1 N–H and O–H groups in total. The summed E-state index contributed by atoms with van der Waals surface area (Å²) in [6, 6.07) is 7.22. The van der Waals surface area contributed by atoms with E-state index in [0.29, 0.717) is 26.2 Å². The minimum Gasteiger partial charge on any atom is -0.368 e. The molecule has 0 aromatic heterocycles. The number of hydrogen-bond acceptors (Lipinski definition) is 3. The molecule has 2 saturated heterocycles. The fourth-order valence-electron chi connectivity index (χ4n) is 4.14. The quantitative estimate of drug-likeness (QED) is 0.380. The van der Waals surface area contributed by atoms with Crippen molar-refractivity contribution in [2.24, 2.45) is 4.99 Å². The first-order valence-corrected chi connectivity index (χ1v) is 10.4. The Morgan fingerprint density at radius 2 is 1.97 bits per heavy atom. The van der Waals surface area contributed by atoms with Crippen molar-refractivity contribution < 1.29 is 13.9 Å². The minimum absolute atomic E-state index is 0. The summed E-state index contributed by atoms with van der Waals surface area (Å²) in [5.74, 6) is 1.06. The molecule has 0 spiro atoms. The summed E-state index contributed by atoms with van der Waals surface area (Å²) in [6.45, 7) is 6.27. The number of benzene rings is 1. The van der Waals surface area contributed by atoms with Crippen LogP contribution in [0.15, 0.2) is 29.3 Å². The van der Waals surface area contributed by atoms with Gasteiger partial charge in [0.05, 0.1) is 0 Å². The predicted octanol–water partition coefficient (Wildman–Crippen LogP) is 2.59. The highest BCUT2D eigenvalue weighted by atomic mass is 127. The summed E-state index contributed by atoms with van der Waals surface area (Å²) in [6.07, 6.45) is 2.48. The third-order valence-electron chi connectivity index (χ3n) is 5.81. The predicted molar refractivity (Wildman–Crippen MR) is 121 cm³/mol. The van der Waals surface area contributed by atoms with E-state index < -0.39 is 0 Å². The normalized spacial score (nSPS) is 26.8. The van der Waals surface area contributed by atoms with E-state index in [1.54, 1.807) is 6.07 Å². The molecule has 0 radical (unpaired) electrons. The lowest BCUT2D eigenvalue weighted by atomic mass is 10.1. The number of rotatable bonds is 4. The van der Waals surface area contributed by atoms with Crippen molar-refractivity contribution in [1.29, 1.82) is 0 Å². The van der Waals surface area contributed by atoms with E-state index in [2.05, 4.69) is 15.2 Å². The Morgan fingerprint density at radius 1 is 1.24 bits per heavy atom. The Kier molecular flexibility index (Phi) is 7.72. The van der Waals surface area contributed by atoms with Crippen molar-refractivity contribution in [1.82, 2.24) is 15.1 Å². The number of aliphatic imine (C=N–C) groups is 1. The zero-order chi connectivity index (χ0) is 19.5. The molecule has 3 aliphatic rings. The van der Waals surface area contributed by atoms with Crippen LogP contribution in [0.25, 0.3) is 0 Å². The fourth-order valence-corrected chi connectivity index (χ4v) is 4.14. The van der Waals surface area contributed by atoms with Gasteiger partial charge in [0.25, 0.3) is 5.91 Å². The van der Waals surface area contributed by atoms with Gasteiger partial charge >= 0.3 is 0 Å². The van der Waals surface area contributed by atoms with Crippen LogP contribution in [-0.4, -0.2) is 73.1 Å². The third kappa shape index (κ3) is 5.20. The van der Waals surface area contributed by atoms with Crippen LogP contribution in [-0.2, 0) is 9.53 Å². The number of nitrogens with zero attached hydrogens (tertiary/aromatic N) is 3. The molecule has 3 atom stereocenters. The van der Waals surface area contributed by atoms with E-state index in [9.17, 15) is 9.18 Å². The van der Waals surface area contributed by atoms with E-state index in [1.807, 2.05) is 24.0 Å². The second kappa shape index (κ2) is 10.1. The van der Waals surface area contributed by atoms with Gasteiger partial charge in [-0.15, -0.1) is 24.0 Å². The molecule has 1 saturated carbocycles. The number of piperazine rings is 1. The van der Waals surface area contributed by atoms with Crippen LogP contribution < -0.4 is 5.32 Å². The zero-order valence-electron chi connectivity index (χ0n) is 16.8. The highest BCUT2D eigenvalue weighted by Gasteiger charge is 2.41. The van der Waals surface area contributed by atoms with Gasteiger partial charge in [-0.25, -0.2) is 4.39 Å². The minimum atomic E-state index is -0.249. The maximum Gasteiger partial charge on any atom is 0.251 e. The molecule has 4 rings (SSSR count). The average Bonchev–Trinajstić information content (AvgIpc) is 3.25. The summed E-state index contributed by atoms with van der Waals surface area (Å²) in [4.78, 5) is 21.3. The van der Waals surface area contributed by atoms with Crippen LogP contribution in [0.5, 0.6) is 0 Å². The topological polar surface area (TPSA) is 57.2 Å². The van der Waals surface area contributed by atoms with Crippen molar-refractivity contribution >= 4 is 35.8 Å². The maximum atomic E-state index is 14.0. The summed E-state index contributed by atoms with van der Waals surface area (Å²) in [7, 11) is 0. The molecule has 160 valence electrons. The lowest BCUT2D eigenvalue weighted by molar-refractivity contribution is -0.142. The Hall–Kier alpha value is -1.42. The summed E-state index contributed by atoms with van der Waals surface area (Å²) in [5, 5.41) is 3.52. The fraction of sp³-hybridized carbons (Fsp3) is 0.619. The first kappa shape index (κ1) is 22.3. The first-order valence-electron chi connectivity index (χ1n) is 10.4. The molecule has 1 aliphatic carbocycles. The smallest absolute Gasteiger partial charge is 0.251 e. The standard InChI is InChI=1S/C21H29FN4O2.HI/c1-2-23-21(24-18-14-16(18)15-6-3-4-7-17(15)22)26-11-9-25(10-12-26)20(27)19-8-5-13-28-19;/h3-4,6-7,16,18-19H,2,5,8-14H2,1H3,(H,23,24);1H. The van der Waals surface area contributed by atoms with E-state index in [1.165, 1.54) is 6.07 Å². The van der Waals surface area contributed by atoms with E-state index in [4.69, 9.17) is 4.74 Å². The summed E-state index contributed by atoms with van der Waals surface area (Å²) in [5.41, 5.74) is 0.780. The lowest BCUT2D eigenvalue weighted by Gasteiger charge is -2.37. The molecule has 29 heavy (non-hydrogen) atoms. The number of amides is 1. The molecule has 1 aromatic carbocycles. The molecule has 2 aliphatic heterocycles. The summed E-state index contributed by atoms with van der Waals surface area (Å²) < 4.78 is 19.6.